The fourth-order valence-corrected chi connectivity index (χ4v) is 1.55. The van der Waals surface area contributed by atoms with E-state index in [1.807, 2.05) is 0 Å². The fourth-order valence-electron chi connectivity index (χ4n) is 1.07. The minimum Gasteiger partial charge on any atom is -0.497 e. The predicted octanol–water partition coefficient (Wildman–Crippen LogP) is 1.43. The first kappa shape index (κ1) is 14.3. The lowest BCUT2D eigenvalue weighted by atomic mass is 10.1. The summed E-state index contributed by atoms with van der Waals surface area (Å²) in [5, 5.41) is 0. The molecule has 0 spiro atoms. The number of methoxy groups -OCH3 is 1. The van der Waals surface area contributed by atoms with E-state index in [0.717, 1.165) is 19.3 Å². The Morgan fingerprint density at radius 3 is 2.39 bits per heavy atom. The van der Waals surface area contributed by atoms with Gasteiger partial charge in [-0.05, 0) is 12.2 Å². The summed E-state index contributed by atoms with van der Waals surface area (Å²) < 4.78 is 66.4. The van der Waals surface area contributed by atoms with Crippen molar-refractivity contribution in [3.63, 3.8) is 0 Å². The molecule has 0 bridgehead atoms. The molecular formula is C9H7F3O5S. The van der Waals surface area contributed by atoms with Crippen molar-refractivity contribution in [2.75, 3.05) is 7.11 Å². The van der Waals surface area contributed by atoms with E-state index in [1.54, 1.807) is 0 Å². The van der Waals surface area contributed by atoms with Gasteiger partial charge >= 0.3 is 15.6 Å². The quantitative estimate of drug-likeness (QED) is 0.445. The average Bonchev–Trinajstić information content (AvgIpc) is 2.27. The van der Waals surface area contributed by atoms with Crippen LogP contribution >= 0.6 is 0 Å². The fraction of sp³-hybridized carbons (Fsp3) is 0.333. The zero-order valence-corrected chi connectivity index (χ0v) is 9.76. The van der Waals surface area contributed by atoms with Gasteiger partial charge in [-0.25, -0.2) is 4.79 Å². The summed E-state index contributed by atoms with van der Waals surface area (Å²) in [6.45, 7) is 0. The summed E-state index contributed by atoms with van der Waals surface area (Å²) in [6.07, 6.45) is 1.79. The van der Waals surface area contributed by atoms with Gasteiger partial charge in [-0.2, -0.15) is 21.6 Å². The molecule has 0 N–H and O–H groups in total. The SMILES string of the molecule is COC1=C(OS(=O)(=O)C(F)(F)F)C=CC(=C=O)C1. The van der Waals surface area contributed by atoms with Crippen LogP contribution in [0.4, 0.5) is 13.2 Å². The van der Waals surface area contributed by atoms with Crippen molar-refractivity contribution in [1.82, 2.24) is 0 Å². The van der Waals surface area contributed by atoms with E-state index in [4.69, 9.17) is 0 Å². The van der Waals surface area contributed by atoms with Crippen molar-refractivity contribution in [3.8, 4) is 0 Å². The molecule has 0 atom stereocenters. The van der Waals surface area contributed by atoms with E-state index < -0.39 is 21.4 Å². The second kappa shape index (κ2) is 4.87. The first-order chi connectivity index (χ1) is 8.21. The van der Waals surface area contributed by atoms with Gasteiger partial charge in [0.15, 0.2) is 5.76 Å². The lowest BCUT2D eigenvalue weighted by Crippen LogP contribution is -2.25. The molecule has 0 fully saturated rings. The second-order valence-corrected chi connectivity index (χ2v) is 4.65. The lowest BCUT2D eigenvalue weighted by Gasteiger charge is -2.16. The van der Waals surface area contributed by atoms with Crippen LogP contribution in [-0.4, -0.2) is 27.0 Å². The molecule has 0 saturated heterocycles. The Hall–Kier alpha value is -1.73. The molecule has 0 radical (unpaired) electrons. The first-order valence-electron chi connectivity index (χ1n) is 4.41. The van der Waals surface area contributed by atoms with Gasteiger partial charge in [0.05, 0.1) is 7.11 Å². The molecule has 0 aliphatic heterocycles. The van der Waals surface area contributed by atoms with Crippen LogP contribution in [0.1, 0.15) is 6.42 Å². The Kier molecular flexibility index (Phi) is 3.88. The zero-order chi connectivity index (χ0) is 14.0. The molecule has 0 saturated carbocycles. The van der Waals surface area contributed by atoms with Crippen LogP contribution < -0.4 is 0 Å². The van der Waals surface area contributed by atoms with Gasteiger partial charge in [0.2, 0.25) is 0 Å². The molecule has 0 amide bonds. The Morgan fingerprint density at radius 2 is 1.94 bits per heavy atom. The van der Waals surface area contributed by atoms with Crippen LogP contribution in [0.25, 0.3) is 0 Å². The number of hydrogen-bond donors (Lipinski definition) is 0. The summed E-state index contributed by atoms with van der Waals surface area (Å²) >= 11 is 0. The summed E-state index contributed by atoms with van der Waals surface area (Å²) in [4.78, 5) is 10.3. The number of allylic oxidation sites excluding steroid dienone is 3. The molecule has 5 nitrogen and oxygen atoms in total. The minimum absolute atomic E-state index is 0.101. The molecule has 0 aromatic rings. The van der Waals surface area contributed by atoms with Crippen LogP contribution in [-0.2, 0) is 23.8 Å². The Balaban J connectivity index is 3.08. The highest BCUT2D eigenvalue weighted by Crippen LogP contribution is 2.30. The normalized spacial score (nSPS) is 16.6. The monoisotopic (exact) mass is 284 g/mol. The average molecular weight is 284 g/mol. The van der Waals surface area contributed by atoms with Crippen molar-refractivity contribution in [2.45, 2.75) is 11.9 Å². The lowest BCUT2D eigenvalue weighted by molar-refractivity contribution is -0.0522. The molecule has 0 aromatic heterocycles. The number of ether oxygens (including phenoxy) is 1. The van der Waals surface area contributed by atoms with E-state index >= 15 is 0 Å². The van der Waals surface area contributed by atoms with Gasteiger partial charge in [-0.15, -0.1) is 0 Å². The third-order valence-electron chi connectivity index (χ3n) is 1.92. The third kappa shape index (κ3) is 2.93. The Bertz CT molecular complexity index is 549. The number of halogens is 3. The number of alkyl halides is 3. The van der Waals surface area contributed by atoms with Crippen molar-refractivity contribution >= 4 is 16.1 Å². The molecule has 0 heterocycles. The molecule has 100 valence electrons. The third-order valence-corrected chi connectivity index (χ3v) is 2.89. The van der Waals surface area contributed by atoms with Crippen molar-refractivity contribution in [1.29, 1.82) is 0 Å². The van der Waals surface area contributed by atoms with E-state index in [-0.39, 0.29) is 17.8 Å². The maximum Gasteiger partial charge on any atom is 0.534 e. The van der Waals surface area contributed by atoms with Crippen LogP contribution in [0.2, 0.25) is 0 Å². The van der Waals surface area contributed by atoms with Crippen LogP contribution in [0.3, 0.4) is 0 Å². The van der Waals surface area contributed by atoms with Gasteiger partial charge in [-0.1, -0.05) is 0 Å². The van der Waals surface area contributed by atoms with Crippen molar-refractivity contribution in [2.24, 2.45) is 0 Å². The van der Waals surface area contributed by atoms with Crippen LogP contribution in [0.15, 0.2) is 29.2 Å². The molecule has 1 aliphatic carbocycles. The van der Waals surface area contributed by atoms with Gasteiger partial charge in [-0.3, -0.25) is 0 Å². The highest BCUT2D eigenvalue weighted by atomic mass is 32.2. The van der Waals surface area contributed by atoms with E-state index in [9.17, 15) is 26.4 Å². The highest BCUT2D eigenvalue weighted by molar-refractivity contribution is 7.87. The molecular weight excluding hydrogens is 277 g/mol. The first-order valence-corrected chi connectivity index (χ1v) is 5.82. The molecule has 1 rings (SSSR count). The number of hydrogen-bond acceptors (Lipinski definition) is 5. The molecule has 1 aliphatic rings. The number of rotatable bonds is 3. The number of carbonyl (C=O) groups excluding carboxylic acids is 1. The largest absolute Gasteiger partial charge is 0.534 e. The van der Waals surface area contributed by atoms with Crippen molar-refractivity contribution < 1.29 is 35.3 Å². The van der Waals surface area contributed by atoms with Crippen LogP contribution in [0, 0.1) is 0 Å². The minimum atomic E-state index is -5.76. The summed E-state index contributed by atoms with van der Waals surface area (Å²) in [7, 11) is -4.65. The van der Waals surface area contributed by atoms with E-state index in [2.05, 4.69) is 8.92 Å². The second-order valence-electron chi connectivity index (χ2n) is 3.11. The topological polar surface area (TPSA) is 69.7 Å². The summed E-state index contributed by atoms with van der Waals surface area (Å²) in [5.74, 6) is 0.699. The van der Waals surface area contributed by atoms with Gasteiger partial charge in [0.1, 0.15) is 11.7 Å². The Labute approximate surface area is 100 Å². The smallest absolute Gasteiger partial charge is 0.497 e. The molecule has 0 unspecified atom stereocenters. The molecule has 0 aromatic carbocycles. The highest BCUT2D eigenvalue weighted by Gasteiger charge is 2.49. The predicted molar refractivity (Wildman–Crippen MR) is 53.1 cm³/mol. The maximum atomic E-state index is 12.1. The molecule has 18 heavy (non-hydrogen) atoms. The standard InChI is InChI=1S/C9H7F3O5S/c1-16-8-4-6(5-13)2-3-7(8)17-18(14,15)9(10,11)12/h2-3H,4H2,1H3. The van der Waals surface area contributed by atoms with Gasteiger partial charge in [0, 0.05) is 12.0 Å². The van der Waals surface area contributed by atoms with E-state index in [1.165, 1.54) is 5.94 Å². The van der Waals surface area contributed by atoms with Gasteiger partial charge in [0.25, 0.3) is 0 Å². The van der Waals surface area contributed by atoms with Crippen molar-refractivity contribution in [3.05, 3.63) is 29.2 Å². The van der Waals surface area contributed by atoms with Crippen LogP contribution in [0.5, 0.6) is 0 Å². The Morgan fingerprint density at radius 1 is 1.33 bits per heavy atom. The maximum absolute atomic E-state index is 12.1. The zero-order valence-electron chi connectivity index (χ0n) is 8.95. The van der Waals surface area contributed by atoms with E-state index in [0.29, 0.717) is 0 Å². The summed E-state index contributed by atoms with van der Waals surface area (Å²) in [6, 6.07) is 0. The molecule has 9 heteroatoms. The van der Waals surface area contributed by atoms with Gasteiger partial charge < -0.3 is 8.92 Å². The summed E-state index contributed by atoms with van der Waals surface area (Å²) in [5.41, 5.74) is -5.43.